The predicted molar refractivity (Wildman–Crippen MR) is 49.1 cm³/mol. The number of hydrogen-bond acceptors (Lipinski definition) is 2. The summed E-state index contributed by atoms with van der Waals surface area (Å²) in [6, 6.07) is 0.802. The van der Waals surface area contributed by atoms with Crippen molar-refractivity contribution in [2.45, 2.75) is 37.3 Å². The van der Waals surface area contributed by atoms with Crippen LogP contribution >= 0.6 is 0 Å². The first-order valence-corrected chi connectivity index (χ1v) is 5.22. The van der Waals surface area contributed by atoms with Crippen LogP contribution in [-0.2, 0) is 0 Å². The van der Waals surface area contributed by atoms with Crippen LogP contribution in [0.5, 0.6) is 0 Å². The third kappa shape index (κ3) is 0.944. The number of nitrogens with one attached hydrogen (secondary N) is 1. The highest BCUT2D eigenvalue weighted by Gasteiger charge is 2.57. The summed E-state index contributed by atoms with van der Waals surface area (Å²) >= 11 is 0. The third-order valence-corrected chi connectivity index (χ3v) is 3.94. The number of likely N-dealkylation sites (N-methyl/N-ethyl adjacent to an activating group) is 1. The van der Waals surface area contributed by atoms with Crippen LogP contribution in [0.1, 0.15) is 25.7 Å². The van der Waals surface area contributed by atoms with Crippen LogP contribution in [-0.4, -0.2) is 36.6 Å². The van der Waals surface area contributed by atoms with Crippen molar-refractivity contribution in [3.8, 4) is 0 Å². The molecular formula is C10H18N2. The maximum absolute atomic E-state index is 3.85. The highest BCUT2D eigenvalue weighted by Crippen LogP contribution is 2.57. The van der Waals surface area contributed by atoms with Gasteiger partial charge in [-0.25, -0.2) is 0 Å². The molecule has 0 amide bonds. The van der Waals surface area contributed by atoms with Gasteiger partial charge >= 0.3 is 0 Å². The second kappa shape index (κ2) is 2.24. The lowest BCUT2D eigenvalue weighted by Crippen LogP contribution is -2.69. The van der Waals surface area contributed by atoms with Gasteiger partial charge in [0.1, 0.15) is 0 Å². The van der Waals surface area contributed by atoms with Crippen molar-refractivity contribution < 1.29 is 0 Å². The van der Waals surface area contributed by atoms with E-state index in [0.717, 1.165) is 12.0 Å². The molecule has 0 aromatic heterocycles. The molecule has 1 heterocycles. The average molecular weight is 166 g/mol. The maximum Gasteiger partial charge on any atom is 0.0212 e. The third-order valence-electron chi connectivity index (χ3n) is 3.94. The Hall–Kier alpha value is -0.0800. The number of likely N-dealkylation sites (tertiary alicyclic amines) is 1. The van der Waals surface area contributed by atoms with Crippen LogP contribution < -0.4 is 5.32 Å². The molecule has 4 fully saturated rings. The molecule has 0 aromatic carbocycles. The monoisotopic (exact) mass is 166 g/mol. The Morgan fingerprint density at radius 2 is 2.08 bits per heavy atom. The molecule has 4 rings (SSSR count). The van der Waals surface area contributed by atoms with Crippen molar-refractivity contribution in [2.75, 3.05) is 20.1 Å². The number of rotatable bonds is 2. The summed E-state index contributed by atoms with van der Waals surface area (Å²) in [7, 11) is 2.23. The van der Waals surface area contributed by atoms with Gasteiger partial charge in [0.15, 0.2) is 0 Å². The maximum atomic E-state index is 3.85. The van der Waals surface area contributed by atoms with Crippen molar-refractivity contribution in [3.05, 3.63) is 0 Å². The molecular weight excluding hydrogens is 148 g/mol. The summed E-state index contributed by atoms with van der Waals surface area (Å²) in [5.41, 5.74) is 0.639. The fourth-order valence-corrected chi connectivity index (χ4v) is 3.14. The zero-order valence-corrected chi connectivity index (χ0v) is 7.84. The molecule has 3 aliphatic carbocycles. The van der Waals surface area contributed by atoms with Crippen molar-refractivity contribution in [1.82, 2.24) is 10.2 Å². The minimum Gasteiger partial charge on any atom is -0.307 e. The molecule has 1 aliphatic heterocycles. The summed E-state index contributed by atoms with van der Waals surface area (Å²) < 4.78 is 0. The number of hydrogen-bond donors (Lipinski definition) is 1. The summed E-state index contributed by atoms with van der Waals surface area (Å²) in [5.74, 6) is 1.11. The van der Waals surface area contributed by atoms with Gasteiger partial charge in [0.25, 0.3) is 0 Å². The molecule has 2 heteroatoms. The molecule has 4 aliphatic rings. The smallest absolute Gasteiger partial charge is 0.0212 e. The fourth-order valence-electron chi connectivity index (χ4n) is 3.14. The molecule has 68 valence electrons. The first-order chi connectivity index (χ1) is 5.76. The second-order valence-electron chi connectivity index (χ2n) is 5.15. The van der Waals surface area contributed by atoms with Crippen LogP contribution in [0.2, 0.25) is 0 Å². The molecule has 3 saturated carbocycles. The largest absolute Gasteiger partial charge is 0.307 e. The Bertz CT molecular complexity index is 185. The average Bonchev–Trinajstić information content (AvgIpc) is 2.23. The molecule has 0 aromatic rings. The van der Waals surface area contributed by atoms with Crippen LogP contribution in [0.15, 0.2) is 0 Å². The lowest BCUT2D eigenvalue weighted by atomic mass is 9.49. The van der Waals surface area contributed by atoms with Crippen LogP contribution in [0.3, 0.4) is 0 Å². The Morgan fingerprint density at radius 1 is 1.33 bits per heavy atom. The molecule has 2 bridgehead atoms. The van der Waals surface area contributed by atoms with Crippen LogP contribution in [0, 0.1) is 5.92 Å². The molecule has 1 N–H and O–H groups in total. The summed E-state index contributed by atoms with van der Waals surface area (Å²) in [5, 5.41) is 3.85. The first-order valence-electron chi connectivity index (χ1n) is 5.22. The zero-order valence-electron chi connectivity index (χ0n) is 7.84. The van der Waals surface area contributed by atoms with E-state index in [1.165, 1.54) is 38.8 Å². The molecule has 1 atom stereocenters. The van der Waals surface area contributed by atoms with Gasteiger partial charge in [-0.3, -0.25) is 0 Å². The van der Waals surface area contributed by atoms with E-state index in [2.05, 4.69) is 17.3 Å². The summed E-state index contributed by atoms with van der Waals surface area (Å²) in [4.78, 5) is 2.43. The first kappa shape index (κ1) is 7.34. The van der Waals surface area contributed by atoms with Gasteiger partial charge in [0, 0.05) is 18.1 Å². The lowest BCUT2D eigenvalue weighted by molar-refractivity contribution is -0.0578. The normalized spacial score (nSPS) is 51.8. The topological polar surface area (TPSA) is 15.3 Å². The van der Waals surface area contributed by atoms with Gasteiger partial charge in [0.2, 0.25) is 0 Å². The highest BCUT2D eigenvalue weighted by atomic mass is 15.2. The molecule has 1 saturated heterocycles. The van der Waals surface area contributed by atoms with Gasteiger partial charge < -0.3 is 10.2 Å². The molecule has 0 unspecified atom stereocenters. The van der Waals surface area contributed by atoms with E-state index in [1.54, 1.807) is 0 Å². The Kier molecular flexibility index (Phi) is 1.37. The summed E-state index contributed by atoms with van der Waals surface area (Å²) in [6.07, 6.45) is 5.80. The molecule has 0 spiro atoms. The SMILES string of the molecule is CN1CC[C@H](NC23CC(C2)C3)C1. The van der Waals surface area contributed by atoms with Crippen molar-refractivity contribution in [3.63, 3.8) is 0 Å². The van der Waals surface area contributed by atoms with Gasteiger partial charge in [-0.05, 0) is 45.2 Å². The van der Waals surface area contributed by atoms with Crippen LogP contribution in [0.25, 0.3) is 0 Å². The Morgan fingerprint density at radius 3 is 2.50 bits per heavy atom. The second-order valence-corrected chi connectivity index (χ2v) is 5.15. The molecule has 12 heavy (non-hydrogen) atoms. The van der Waals surface area contributed by atoms with Gasteiger partial charge in [-0.1, -0.05) is 0 Å². The quantitative estimate of drug-likeness (QED) is 0.654. The minimum atomic E-state index is 0.639. The molecule has 0 radical (unpaired) electrons. The zero-order chi connectivity index (χ0) is 8.18. The lowest BCUT2D eigenvalue weighted by Gasteiger charge is -2.63. The molecule has 2 nitrogen and oxygen atoms in total. The van der Waals surface area contributed by atoms with Gasteiger partial charge in [-0.2, -0.15) is 0 Å². The Balaban J connectivity index is 1.55. The van der Waals surface area contributed by atoms with E-state index < -0.39 is 0 Å². The van der Waals surface area contributed by atoms with E-state index in [0.29, 0.717) is 5.54 Å². The van der Waals surface area contributed by atoms with Gasteiger partial charge in [0.05, 0.1) is 0 Å². The van der Waals surface area contributed by atoms with Crippen molar-refractivity contribution >= 4 is 0 Å². The summed E-state index contributed by atoms with van der Waals surface area (Å²) in [6.45, 7) is 2.56. The van der Waals surface area contributed by atoms with Gasteiger partial charge in [-0.15, -0.1) is 0 Å². The van der Waals surface area contributed by atoms with E-state index in [4.69, 9.17) is 0 Å². The van der Waals surface area contributed by atoms with E-state index in [-0.39, 0.29) is 0 Å². The van der Waals surface area contributed by atoms with E-state index in [1.807, 2.05) is 0 Å². The number of nitrogens with zero attached hydrogens (tertiary/aromatic N) is 1. The minimum absolute atomic E-state index is 0.639. The highest BCUT2D eigenvalue weighted by molar-refractivity contribution is 5.15. The fraction of sp³-hybridized carbons (Fsp3) is 1.00. The van der Waals surface area contributed by atoms with E-state index in [9.17, 15) is 0 Å². The van der Waals surface area contributed by atoms with Crippen LogP contribution in [0.4, 0.5) is 0 Å². The predicted octanol–water partition coefficient (Wildman–Crippen LogP) is 0.833. The van der Waals surface area contributed by atoms with Crippen molar-refractivity contribution in [1.29, 1.82) is 0 Å². The Labute approximate surface area is 74.3 Å². The van der Waals surface area contributed by atoms with Crippen molar-refractivity contribution in [2.24, 2.45) is 5.92 Å². The van der Waals surface area contributed by atoms with E-state index >= 15 is 0 Å². The standard InChI is InChI=1S/C10H18N2/c1-12-3-2-9(7-12)11-10-4-8(5-10)6-10/h8-9,11H,2-7H2,1H3/t8?,9-,10?/m0/s1.